The molecule has 0 radical (unpaired) electrons. The van der Waals surface area contributed by atoms with Crippen LogP contribution in [-0.4, -0.2) is 33.6 Å². The molecule has 1 N–H and O–H groups in total. The minimum absolute atomic E-state index is 0.219. The third kappa shape index (κ3) is 3.97. The van der Waals surface area contributed by atoms with E-state index in [2.05, 4.69) is 14.6 Å². The highest BCUT2D eigenvalue weighted by Crippen LogP contribution is 2.23. The van der Waals surface area contributed by atoms with Gasteiger partial charge in [0, 0.05) is 13.1 Å². The summed E-state index contributed by atoms with van der Waals surface area (Å²) < 4.78 is 32.8. The molecule has 2 aromatic rings. The van der Waals surface area contributed by atoms with Crippen molar-refractivity contribution in [2.45, 2.75) is 25.7 Å². The van der Waals surface area contributed by atoms with Gasteiger partial charge in [0.1, 0.15) is 11.6 Å². The molecule has 0 fully saturated rings. The number of aryl methyl sites for hydroxylation is 1. The first-order valence-corrected chi connectivity index (χ1v) is 9.28. The number of nitrogens with one attached hydrogen (secondary N) is 1. The highest BCUT2D eigenvalue weighted by atomic mass is 32.2. The minimum atomic E-state index is -3.67. The molecule has 130 valence electrons. The lowest BCUT2D eigenvalue weighted by Crippen LogP contribution is -2.23. The van der Waals surface area contributed by atoms with Crippen molar-refractivity contribution in [2.24, 2.45) is 0 Å². The number of hydrogen-bond acceptors (Lipinski definition) is 5. The van der Waals surface area contributed by atoms with E-state index in [9.17, 15) is 8.42 Å². The van der Waals surface area contributed by atoms with E-state index in [-0.39, 0.29) is 4.90 Å². The van der Waals surface area contributed by atoms with Crippen LogP contribution in [0.1, 0.15) is 19.4 Å². The van der Waals surface area contributed by atoms with Gasteiger partial charge in [0.2, 0.25) is 0 Å². The largest absolute Gasteiger partial charge is 0.497 e. The van der Waals surface area contributed by atoms with Crippen LogP contribution in [0.15, 0.2) is 41.4 Å². The Hall–Kier alpha value is -2.28. The van der Waals surface area contributed by atoms with Gasteiger partial charge in [-0.15, -0.1) is 0 Å². The Labute approximate surface area is 143 Å². The molecule has 7 heteroatoms. The zero-order chi connectivity index (χ0) is 17.7. The summed E-state index contributed by atoms with van der Waals surface area (Å²) in [5, 5.41) is 0. The number of aromatic nitrogens is 1. The van der Waals surface area contributed by atoms with Crippen LogP contribution < -0.4 is 14.4 Å². The summed E-state index contributed by atoms with van der Waals surface area (Å²) >= 11 is 0. The molecule has 24 heavy (non-hydrogen) atoms. The first-order valence-electron chi connectivity index (χ1n) is 7.79. The summed E-state index contributed by atoms with van der Waals surface area (Å²) in [6.07, 6.45) is 1.53. The molecule has 0 aliphatic heterocycles. The highest BCUT2D eigenvalue weighted by molar-refractivity contribution is 7.92. The average Bonchev–Trinajstić information content (AvgIpc) is 2.56. The molecule has 0 unspecified atom stereocenters. The number of rotatable bonds is 7. The molecule has 1 heterocycles. The molecule has 0 aliphatic carbocycles. The van der Waals surface area contributed by atoms with Crippen molar-refractivity contribution in [1.29, 1.82) is 0 Å². The molecule has 0 saturated carbocycles. The second-order valence-corrected chi connectivity index (χ2v) is 6.97. The lowest BCUT2D eigenvalue weighted by Gasteiger charge is -2.19. The smallest absolute Gasteiger partial charge is 0.262 e. The summed E-state index contributed by atoms with van der Waals surface area (Å²) in [5.41, 5.74) is 1.05. The highest BCUT2D eigenvalue weighted by Gasteiger charge is 2.17. The molecule has 0 spiro atoms. The molecule has 0 aliphatic rings. The fraction of sp³-hybridized carbons (Fsp3) is 0.353. The van der Waals surface area contributed by atoms with E-state index in [0.29, 0.717) is 17.0 Å². The summed E-state index contributed by atoms with van der Waals surface area (Å²) in [6.45, 7) is 7.53. The van der Waals surface area contributed by atoms with E-state index in [1.54, 1.807) is 32.2 Å². The zero-order valence-corrected chi connectivity index (χ0v) is 15.2. The fourth-order valence-corrected chi connectivity index (χ4v) is 3.71. The van der Waals surface area contributed by atoms with Crippen LogP contribution in [0.25, 0.3) is 0 Å². The summed E-state index contributed by atoms with van der Waals surface area (Å²) in [4.78, 5) is 6.64. The van der Waals surface area contributed by atoms with Crippen LogP contribution in [0, 0.1) is 6.92 Å². The molecule has 6 nitrogen and oxygen atoms in total. The molecule has 1 aromatic carbocycles. The van der Waals surface area contributed by atoms with E-state index in [0.717, 1.165) is 18.9 Å². The molecule has 0 bridgehead atoms. The number of sulfonamides is 1. The Kier molecular flexibility index (Phi) is 5.66. The SMILES string of the molecule is CCN(CC)c1ccc(NS(=O)(=O)c2ccc(OC)cc2C)cn1. The van der Waals surface area contributed by atoms with Gasteiger partial charge in [-0.2, -0.15) is 0 Å². The van der Waals surface area contributed by atoms with E-state index >= 15 is 0 Å². The third-order valence-electron chi connectivity index (χ3n) is 3.76. The summed E-state index contributed by atoms with van der Waals surface area (Å²) in [7, 11) is -2.13. The maximum Gasteiger partial charge on any atom is 0.262 e. The van der Waals surface area contributed by atoms with Gasteiger partial charge in [-0.25, -0.2) is 13.4 Å². The van der Waals surface area contributed by atoms with Crippen molar-refractivity contribution < 1.29 is 13.2 Å². The van der Waals surface area contributed by atoms with Crippen LogP contribution in [0.2, 0.25) is 0 Å². The standard InChI is InChI=1S/C17H23N3O3S/c1-5-20(6-2)17-10-7-14(12-18-17)19-24(21,22)16-9-8-15(23-4)11-13(16)3/h7-12,19H,5-6H2,1-4H3. The predicted molar refractivity (Wildman–Crippen MR) is 96.3 cm³/mol. The first kappa shape index (κ1) is 18.1. The first-order chi connectivity index (χ1) is 11.4. The molecular formula is C17H23N3O3S. The monoisotopic (exact) mass is 349 g/mol. The maximum absolute atomic E-state index is 12.6. The number of benzene rings is 1. The van der Waals surface area contributed by atoms with E-state index in [4.69, 9.17) is 4.74 Å². The lowest BCUT2D eigenvalue weighted by molar-refractivity contribution is 0.414. The molecule has 0 saturated heterocycles. The van der Waals surface area contributed by atoms with Crippen molar-refractivity contribution in [1.82, 2.24) is 4.98 Å². The van der Waals surface area contributed by atoms with Crippen molar-refractivity contribution in [3.8, 4) is 5.75 Å². The van der Waals surface area contributed by atoms with Gasteiger partial charge in [0.15, 0.2) is 0 Å². The third-order valence-corrected chi connectivity index (χ3v) is 5.30. The minimum Gasteiger partial charge on any atom is -0.497 e. The summed E-state index contributed by atoms with van der Waals surface area (Å²) in [5.74, 6) is 1.44. The van der Waals surface area contributed by atoms with E-state index < -0.39 is 10.0 Å². The van der Waals surface area contributed by atoms with Gasteiger partial charge in [0.05, 0.1) is 23.9 Å². The van der Waals surface area contributed by atoms with Gasteiger partial charge in [-0.1, -0.05) is 0 Å². The molecular weight excluding hydrogens is 326 g/mol. The maximum atomic E-state index is 12.6. The number of nitrogens with zero attached hydrogens (tertiary/aromatic N) is 2. The van der Waals surface area contributed by atoms with Gasteiger partial charge < -0.3 is 9.64 Å². The molecule has 1 aromatic heterocycles. The second-order valence-electron chi connectivity index (χ2n) is 5.31. The normalized spacial score (nSPS) is 11.2. The van der Waals surface area contributed by atoms with Crippen LogP contribution in [-0.2, 0) is 10.0 Å². The number of hydrogen-bond donors (Lipinski definition) is 1. The van der Waals surface area contributed by atoms with Crippen LogP contribution >= 0.6 is 0 Å². The zero-order valence-electron chi connectivity index (χ0n) is 14.4. The number of ether oxygens (including phenoxy) is 1. The molecule has 2 rings (SSSR count). The number of methoxy groups -OCH3 is 1. The Balaban J connectivity index is 2.23. The molecule has 0 amide bonds. The van der Waals surface area contributed by atoms with E-state index in [1.165, 1.54) is 12.3 Å². The quantitative estimate of drug-likeness (QED) is 0.832. The Morgan fingerprint density at radius 1 is 1.17 bits per heavy atom. The van der Waals surface area contributed by atoms with E-state index in [1.807, 2.05) is 19.9 Å². The predicted octanol–water partition coefficient (Wildman–Crippen LogP) is 3.05. The Morgan fingerprint density at radius 2 is 1.88 bits per heavy atom. The topological polar surface area (TPSA) is 71.5 Å². The lowest BCUT2D eigenvalue weighted by atomic mass is 10.2. The number of anilines is 2. The Bertz CT molecular complexity index is 785. The van der Waals surface area contributed by atoms with Crippen molar-refractivity contribution in [3.63, 3.8) is 0 Å². The second kappa shape index (κ2) is 7.53. The average molecular weight is 349 g/mol. The summed E-state index contributed by atoms with van der Waals surface area (Å²) in [6, 6.07) is 8.39. The molecule has 0 atom stereocenters. The Morgan fingerprint density at radius 3 is 2.38 bits per heavy atom. The van der Waals surface area contributed by atoms with Crippen molar-refractivity contribution >= 4 is 21.5 Å². The number of pyridine rings is 1. The van der Waals surface area contributed by atoms with Crippen LogP contribution in [0.4, 0.5) is 11.5 Å². The van der Waals surface area contributed by atoms with Gasteiger partial charge in [-0.3, -0.25) is 4.72 Å². The van der Waals surface area contributed by atoms with Crippen molar-refractivity contribution in [2.75, 3.05) is 29.8 Å². The fourth-order valence-electron chi connectivity index (χ4n) is 2.44. The van der Waals surface area contributed by atoms with Crippen LogP contribution in [0.5, 0.6) is 5.75 Å². The van der Waals surface area contributed by atoms with Crippen LogP contribution in [0.3, 0.4) is 0 Å². The van der Waals surface area contributed by atoms with Crippen molar-refractivity contribution in [3.05, 3.63) is 42.1 Å². The van der Waals surface area contributed by atoms with Gasteiger partial charge in [-0.05, 0) is 56.7 Å². The van der Waals surface area contributed by atoms with Gasteiger partial charge >= 0.3 is 0 Å². The van der Waals surface area contributed by atoms with Gasteiger partial charge in [0.25, 0.3) is 10.0 Å².